The molecule has 0 saturated carbocycles. The number of methoxy groups -OCH3 is 1. The molecule has 0 amide bonds. The molecule has 2 rings (SSSR count). The van der Waals surface area contributed by atoms with E-state index in [2.05, 4.69) is 9.64 Å². The zero-order valence-electron chi connectivity index (χ0n) is 13.6. The Bertz CT molecular complexity index is 630. The number of carbonyl (C=O) groups is 1. The molecule has 0 aliphatic carbocycles. The molecule has 23 heavy (non-hydrogen) atoms. The zero-order valence-corrected chi connectivity index (χ0v) is 13.6. The van der Waals surface area contributed by atoms with Gasteiger partial charge in [-0.1, -0.05) is 6.07 Å². The predicted octanol–water partition coefficient (Wildman–Crippen LogP) is 1.92. The van der Waals surface area contributed by atoms with Gasteiger partial charge in [0, 0.05) is 31.8 Å². The van der Waals surface area contributed by atoms with Crippen LogP contribution in [-0.4, -0.2) is 56.1 Å². The molecule has 0 N–H and O–H groups in total. The third kappa shape index (κ3) is 4.07. The Hall–Kier alpha value is -2.41. The first-order valence-corrected chi connectivity index (χ1v) is 7.38. The summed E-state index contributed by atoms with van der Waals surface area (Å²) in [4.78, 5) is 26.3. The van der Waals surface area contributed by atoms with Crippen LogP contribution in [0.1, 0.15) is 12.0 Å². The molecule has 1 unspecified atom stereocenters. The summed E-state index contributed by atoms with van der Waals surface area (Å²) in [7, 11) is 5.21. The van der Waals surface area contributed by atoms with Crippen molar-refractivity contribution in [2.75, 3.05) is 39.2 Å². The van der Waals surface area contributed by atoms with Crippen LogP contribution < -0.4 is 4.90 Å². The molecule has 1 atom stereocenters. The van der Waals surface area contributed by atoms with E-state index in [-0.39, 0.29) is 16.7 Å². The van der Waals surface area contributed by atoms with Crippen molar-refractivity contribution in [1.29, 1.82) is 0 Å². The van der Waals surface area contributed by atoms with Crippen molar-refractivity contribution in [3.05, 3.63) is 40.0 Å². The molecular weight excluding hydrogens is 298 g/mol. The lowest BCUT2D eigenvalue weighted by Crippen LogP contribution is -2.34. The van der Waals surface area contributed by atoms with E-state index in [9.17, 15) is 14.9 Å². The van der Waals surface area contributed by atoms with Gasteiger partial charge in [0.2, 0.25) is 0 Å². The standard InChI is InChI=1S/C16H21N3O4/c1-17-9-8-13(11-17)18(2)14-6-4-12(5-7-16(20)23-3)10-15(14)19(21)22/h4-7,10,13H,8-9,11H2,1-3H3/b7-5+. The number of nitrogens with zero attached hydrogens (tertiary/aromatic N) is 3. The maximum atomic E-state index is 11.4. The molecule has 7 heteroatoms. The van der Waals surface area contributed by atoms with Gasteiger partial charge in [0.1, 0.15) is 5.69 Å². The van der Waals surface area contributed by atoms with Gasteiger partial charge >= 0.3 is 5.97 Å². The van der Waals surface area contributed by atoms with Crippen molar-refractivity contribution < 1.29 is 14.5 Å². The number of nitro groups is 1. The summed E-state index contributed by atoms with van der Waals surface area (Å²) in [6.45, 7) is 1.88. The molecule has 7 nitrogen and oxygen atoms in total. The van der Waals surface area contributed by atoms with Crippen molar-refractivity contribution in [2.24, 2.45) is 0 Å². The molecule has 1 aromatic carbocycles. The fourth-order valence-electron chi connectivity index (χ4n) is 2.75. The van der Waals surface area contributed by atoms with Gasteiger partial charge in [-0.15, -0.1) is 0 Å². The zero-order chi connectivity index (χ0) is 17.0. The van der Waals surface area contributed by atoms with Crippen molar-refractivity contribution in [1.82, 2.24) is 4.90 Å². The Morgan fingerprint density at radius 1 is 1.52 bits per heavy atom. The number of ether oxygens (including phenoxy) is 1. The Morgan fingerprint density at radius 3 is 2.83 bits per heavy atom. The van der Waals surface area contributed by atoms with Crippen LogP contribution in [0.2, 0.25) is 0 Å². The highest BCUT2D eigenvalue weighted by Gasteiger charge is 2.27. The first-order valence-electron chi connectivity index (χ1n) is 7.38. The third-order valence-corrected chi connectivity index (χ3v) is 4.10. The van der Waals surface area contributed by atoms with E-state index in [1.807, 2.05) is 19.0 Å². The molecule has 1 heterocycles. The first kappa shape index (κ1) is 17.0. The quantitative estimate of drug-likeness (QED) is 0.357. The minimum atomic E-state index is -0.497. The van der Waals surface area contributed by atoms with Crippen LogP contribution in [0.5, 0.6) is 0 Å². The number of hydrogen-bond donors (Lipinski definition) is 0. The molecule has 1 aliphatic heterocycles. The summed E-state index contributed by atoms with van der Waals surface area (Å²) in [6, 6.07) is 5.23. The Morgan fingerprint density at radius 2 is 2.26 bits per heavy atom. The maximum absolute atomic E-state index is 11.4. The molecule has 0 spiro atoms. The van der Waals surface area contributed by atoms with Gasteiger partial charge in [0.15, 0.2) is 0 Å². The first-order chi connectivity index (χ1) is 10.9. The van der Waals surface area contributed by atoms with E-state index < -0.39 is 5.97 Å². The molecule has 0 aromatic heterocycles. The molecule has 1 saturated heterocycles. The molecule has 1 aromatic rings. The van der Waals surface area contributed by atoms with Crippen LogP contribution in [-0.2, 0) is 9.53 Å². The largest absolute Gasteiger partial charge is 0.466 e. The molecule has 0 bridgehead atoms. The summed E-state index contributed by atoms with van der Waals surface area (Å²) in [6.07, 6.45) is 3.73. The van der Waals surface area contributed by atoms with Crippen LogP contribution in [0.4, 0.5) is 11.4 Å². The smallest absolute Gasteiger partial charge is 0.330 e. The average molecular weight is 319 g/mol. The monoisotopic (exact) mass is 319 g/mol. The van der Waals surface area contributed by atoms with Gasteiger partial charge in [0.25, 0.3) is 5.69 Å². The summed E-state index contributed by atoms with van der Waals surface area (Å²) < 4.78 is 4.52. The second kappa shape index (κ2) is 7.23. The van der Waals surface area contributed by atoms with Crippen molar-refractivity contribution in [3.63, 3.8) is 0 Å². The predicted molar refractivity (Wildman–Crippen MR) is 88.5 cm³/mol. The van der Waals surface area contributed by atoms with Crippen LogP contribution in [0.15, 0.2) is 24.3 Å². The van der Waals surface area contributed by atoms with Crippen LogP contribution in [0.3, 0.4) is 0 Å². The summed E-state index contributed by atoms with van der Waals surface area (Å²) in [5.41, 5.74) is 1.21. The molecule has 1 aliphatic rings. The molecule has 124 valence electrons. The number of hydrogen-bond acceptors (Lipinski definition) is 6. The van der Waals surface area contributed by atoms with Crippen molar-refractivity contribution in [3.8, 4) is 0 Å². The summed E-state index contributed by atoms with van der Waals surface area (Å²) >= 11 is 0. The highest BCUT2D eigenvalue weighted by atomic mass is 16.6. The van der Waals surface area contributed by atoms with Gasteiger partial charge in [-0.25, -0.2) is 4.79 Å². The Balaban J connectivity index is 2.28. The van der Waals surface area contributed by atoms with Crippen LogP contribution in [0.25, 0.3) is 6.08 Å². The van der Waals surface area contributed by atoms with Crippen LogP contribution in [0, 0.1) is 10.1 Å². The van der Waals surface area contributed by atoms with Crippen molar-refractivity contribution in [2.45, 2.75) is 12.5 Å². The van der Waals surface area contributed by atoms with Crippen molar-refractivity contribution >= 4 is 23.4 Å². The molecule has 1 fully saturated rings. The fraction of sp³-hybridized carbons (Fsp3) is 0.438. The lowest BCUT2D eigenvalue weighted by Gasteiger charge is -2.26. The minimum Gasteiger partial charge on any atom is -0.466 e. The number of rotatable bonds is 5. The van der Waals surface area contributed by atoms with Gasteiger partial charge in [-0.3, -0.25) is 10.1 Å². The SMILES string of the molecule is COC(=O)/C=C/c1ccc(N(C)C2CCN(C)C2)c([N+](=O)[O-])c1. The number of nitro benzene ring substituents is 1. The van der Waals surface area contributed by atoms with Gasteiger partial charge in [0.05, 0.1) is 12.0 Å². The van der Waals surface area contributed by atoms with Gasteiger partial charge in [-0.05, 0) is 37.7 Å². The maximum Gasteiger partial charge on any atom is 0.330 e. The van der Waals surface area contributed by atoms with E-state index in [4.69, 9.17) is 0 Å². The number of benzene rings is 1. The van der Waals surface area contributed by atoms with E-state index in [1.165, 1.54) is 25.3 Å². The highest BCUT2D eigenvalue weighted by Crippen LogP contribution is 2.31. The molecular formula is C16H21N3O4. The number of anilines is 1. The second-order valence-corrected chi connectivity index (χ2v) is 5.68. The van der Waals surface area contributed by atoms with Gasteiger partial charge in [-0.2, -0.15) is 0 Å². The normalized spacial score (nSPS) is 18.3. The Labute approximate surface area is 135 Å². The minimum absolute atomic E-state index is 0.0362. The second-order valence-electron chi connectivity index (χ2n) is 5.68. The third-order valence-electron chi connectivity index (χ3n) is 4.10. The lowest BCUT2D eigenvalue weighted by atomic mass is 10.1. The fourth-order valence-corrected chi connectivity index (χ4v) is 2.75. The highest BCUT2D eigenvalue weighted by molar-refractivity contribution is 5.87. The number of likely N-dealkylation sites (N-methyl/N-ethyl adjacent to an activating group) is 2. The lowest BCUT2D eigenvalue weighted by molar-refractivity contribution is -0.384. The number of esters is 1. The van der Waals surface area contributed by atoms with E-state index in [1.54, 1.807) is 12.1 Å². The van der Waals surface area contributed by atoms with Gasteiger partial charge < -0.3 is 14.5 Å². The topological polar surface area (TPSA) is 75.9 Å². The average Bonchev–Trinajstić information content (AvgIpc) is 2.98. The Kier molecular flexibility index (Phi) is 5.33. The number of likely N-dealkylation sites (tertiary alicyclic amines) is 1. The molecule has 0 radical (unpaired) electrons. The van der Waals surface area contributed by atoms with E-state index >= 15 is 0 Å². The number of carbonyl (C=O) groups excluding carboxylic acids is 1. The van der Waals surface area contributed by atoms with Crippen LogP contribution >= 0.6 is 0 Å². The summed E-state index contributed by atoms with van der Waals surface area (Å²) in [5, 5.41) is 11.4. The van der Waals surface area contributed by atoms with E-state index in [0.29, 0.717) is 11.3 Å². The van der Waals surface area contributed by atoms with E-state index in [0.717, 1.165) is 19.5 Å². The summed E-state index contributed by atoms with van der Waals surface area (Å²) in [5.74, 6) is -0.497.